The zero-order valence-corrected chi connectivity index (χ0v) is 16.1. The SMILES string of the molecule is Cc1cc(Br)ccc1NC(=O)c1c(OCCCS(=O)(=O)O)cnn1C. The number of rotatable bonds is 7. The molecule has 1 amide bonds. The summed E-state index contributed by atoms with van der Waals surface area (Å²) in [5, 5.41) is 6.80. The van der Waals surface area contributed by atoms with Gasteiger partial charge in [0.25, 0.3) is 16.0 Å². The Balaban J connectivity index is 2.08. The Hall–Kier alpha value is -1.91. The number of anilines is 1. The molecule has 0 radical (unpaired) electrons. The molecule has 1 heterocycles. The molecule has 0 aliphatic heterocycles. The Morgan fingerprint density at radius 3 is 2.80 bits per heavy atom. The second-order valence-corrected chi connectivity index (χ2v) is 7.87. The summed E-state index contributed by atoms with van der Waals surface area (Å²) in [6.07, 6.45) is 1.48. The van der Waals surface area contributed by atoms with Gasteiger partial charge in [0.2, 0.25) is 0 Å². The van der Waals surface area contributed by atoms with E-state index in [4.69, 9.17) is 9.29 Å². The number of benzene rings is 1. The van der Waals surface area contributed by atoms with Gasteiger partial charge in [0.1, 0.15) is 0 Å². The van der Waals surface area contributed by atoms with Crippen molar-refractivity contribution in [2.24, 2.45) is 7.05 Å². The van der Waals surface area contributed by atoms with Crippen molar-refractivity contribution >= 4 is 37.6 Å². The van der Waals surface area contributed by atoms with Gasteiger partial charge < -0.3 is 10.1 Å². The predicted octanol–water partition coefficient (Wildman–Crippen LogP) is 2.40. The normalized spacial score (nSPS) is 11.4. The lowest BCUT2D eigenvalue weighted by atomic mass is 10.2. The number of amides is 1. The van der Waals surface area contributed by atoms with E-state index in [1.807, 2.05) is 19.1 Å². The predicted molar refractivity (Wildman–Crippen MR) is 96.6 cm³/mol. The number of hydrogen-bond donors (Lipinski definition) is 2. The summed E-state index contributed by atoms with van der Waals surface area (Å²) in [5.41, 5.74) is 1.77. The quantitative estimate of drug-likeness (QED) is 0.514. The van der Waals surface area contributed by atoms with Crippen LogP contribution >= 0.6 is 15.9 Å². The Morgan fingerprint density at radius 2 is 2.16 bits per heavy atom. The highest BCUT2D eigenvalue weighted by Gasteiger charge is 2.19. The van der Waals surface area contributed by atoms with Crippen LogP contribution < -0.4 is 10.1 Å². The van der Waals surface area contributed by atoms with Crippen molar-refractivity contribution in [3.63, 3.8) is 0 Å². The number of nitrogens with one attached hydrogen (secondary N) is 1. The molecule has 25 heavy (non-hydrogen) atoms. The molecule has 1 aromatic carbocycles. The highest BCUT2D eigenvalue weighted by atomic mass is 79.9. The smallest absolute Gasteiger partial charge is 0.277 e. The van der Waals surface area contributed by atoms with Gasteiger partial charge in [-0.3, -0.25) is 14.0 Å². The maximum Gasteiger partial charge on any atom is 0.277 e. The van der Waals surface area contributed by atoms with Crippen LogP contribution in [0.5, 0.6) is 5.75 Å². The largest absolute Gasteiger partial charge is 0.489 e. The van der Waals surface area contributed by atoms with E-state index in [-0.39, 0.29) is 24.5 Å². The van der Waals surface area contributed by atoms with Gasteiger partial charge in [-0.05, 0) is 37.1 Å². The molecular weight excluding hydrogens is 414 g/mol. The van der Waals surface area contributed by atoms with E-state index in [1.165, 1.54) is 10.9 Å². The summed E-state index contributed by atoms with van der Waals surface area (Å²) in [6, 6.07) is 5.48. The summed E-state index contributed by atoms with van der Waals surface area (Å²) >= 11 is 3.37. The summed E-state index contributed by atoms with van der Waals surface area (Å²) in [6.45, 7) is 1.90. The van der Waals surface area contributed by atoms with Gasteiger partial charge in [0, 0.05) is 17.2 Å². The molecule has 0 fully saturated rings. The van der Waals surface area contributed by atoms with E-state index in [1.54, 1.807) is 13.1 Å². The monoisotopic (exact) mass is 431 g/mol. The first-order chi connectivity index (χ1) is 11.7. The van der Waals surface area contributed by atoms with E-state index in [0.29, 0.717) is 5.69 Å². The highest BCUT2D eigenvalue weighted by Crippen LogP contribution is 2.23. The molecule has 0 bridgehead atoms. The Labute approximate surface area is 154 Å². The molecule has 0 atom stereocenters. The molecule has 0 saturated carbocycles. The fourth-order valence-corrected chi connectivity index (χ4v) is 3.11. The minimum Gasteiger partial charge on any atom is -0.489 e. The molecule has 0 saturated heterocycles. The molecule has 136 valence electrons. The first-order valence-electron chi connectivity index (χ1n) is 7.35. The number of hydrogen-bond acceptors (Lipinski definition) is 5. The van der Waals surface area contributed by atoms with Crippen molar-refractivity contribution < 1.29 is 22.5 Å². The lowest BCUT2D eigenvalue weighted by Gasteiger charge is -2.11. The number of aryl methyl sites for hydroxylation is 2. The third-order valence-corrected chi connectivity index (χ3v) is 4.66. The molecule has 1 aromatic heterocycles. The molecule has 10 heteroatoms. The minimum atomic E-state index is -4.03. The van der Waals surface area contributed by atoms with Crippen LogP contribution in [0.2, 0.25) is 0 Å². The van der Waals surface area contributed by atoms with Gasteiger partial charge in [0.05, 0.1) is 18.6 Å². The Morgan fingerprint density at radius 1 is 1.44 bits per heavy atom. The molecule has 2 rings (SSSR count). The van der Waals surface area contributed by atoms with Gasteiger partial charge in [-0.1, -0.05) is 15.9 Å². The standard InChI is InChI=1S/C15H18BrN3O5S/c1-10-8-11(16)4-5-12(10)18-15(20)14-13(9-17-19(14)2)24-6-3-7-25(21,22)23/h4-5,8-9H,3,6-7H2,1-2H3,(H,18,20)(H,21,22,23). The second-order valence-electron chi connectivity index (χ2n) is 5.38. The van der Waals surface area contributed by atoms with Crippen LogP contribution in [0.4, 0.5) is 5.69 Å². The zero-order chi connectivity index (χ0) is 18.6. The van der Waals surface area contributed by atoms with Gasteiger partial charge in [0.15, 0.2) is 11.4 Å². The minimum absolute atomic E-state index is 0.0308. The van der Waals surface area contributed by atoms with Crippen molar-refractivity contribution in [1.29, 1.82) is 0 Å². The number of ether oxygens (including phenoxy) is 1. The van der Waals surface area contributed by atoms with E-state index < -0.39 is 21.8 Å². The third-order valence-electron chi connectivity index (χ3n) is 3.36. The van der Waals surface area contributed by atoms with E-state index >= 15 is 0 Å². The molecular formula is C15H18BrN3O5S. The number of nitrogens with zero attached hydrogens (tertiary/aromatic N) is 2. The molecule has 0 aliphatic carbocycles. The summed E-state index contributed by atoms with van der Waals surface area (Å²) < 4.78 is 37.8. The third kappa shape index (κ3) is 5.55. The van der Waals surface area contributed by atoms with Crippen LogP contribution in [0.1, 0.15) is 22.5 Å². The van der Waals surface area contributed by atoms with Gasteiger partial charge in [-0.2, -0.15) is 13.5 Å². The lowest BCUT2D eigenvalue weighted by molar-refractivity contribution is 0.101. The fraction of sp³-hybridized carbons (Fsp3) is 0.333. The van der Waals surface area contributed by atoms with E-state index in [9.17, 15) is 13.2 Å². The molecule has 2 N–H and O–H groups in total. The van der Waals surface area contributed by atoms with Gasteiger partial charge in [-0.15, -0.1) is 0 Å². The van der Waals surface area contributed by atoms with E-state index in [2.05, 4.69) is 26.3 Å². The van der Waals surface area contributed by atoms with Crippen LogP contribution in [0.3, 0.4) is 0 Å². The topological polar surface area (TPSA) is 111 Å². The van der Waals surface area contributed by atoms with Crippen LogP contribution in [0.25, 0.3) is 0 Å². The summed E-state index contributed by atoms with van der Waals surface area (Å²) in [4.78, 5) is 12.5. The molecule has 0 aliphatic rings. The zero-order valence-electron chi connectivity index (χ0n) is 13.7. The van der Waals surface area contributed by atoms with Crippen LogP contribution in [0, 0.1) is 6.92 Å². The number of carbonyl (C=O) groups is 1. The van der Waals surface area contributed by atoms with Crippen LogP contribution in [0.15, 0.2) is 28.9 Å². The van der Waals surface area contributed by atoms with Crippen molar-refractivity contribution in [3.8, 4) is 5.75 Å². The van der Waals surface area contributed by atoms with Crippen molar-refractivity contribution in [2.45, 2.75) is 13.3 Å². The molecule has 0 spiro atoms. The van der Waals surface area contributed by atoms with Crippen molar-refractivity contribution in [3.05, 3.63) is 40.1 Å². The van der Waals surface area contributed by atoms with Crippen LogP contribution in [-0.2, 0) is 17.2 Å². The van der Waals surface area contributed by atoms with Crippen molar-refractivity contribution in [2.75, 3.05) is 17.7 Å². The average Bonchev–Trinajstić information content (AvgIpc) is 2.86. The molecule has 0 unspecified atom stereocenters. The summed E-state index contributed by atoms with van der Waals surface area (Å²) in [5.74, 6) is -0.562. The van der Waals surface area contributed by atoms with Crippen molar-refractivity contribution in [1.82, 2.24) is 9.78 Å². The average molecular weight is 432 g/mol. The van der Waals surface area contributed by atoms with E-state index in [0.717, 1.165) is 10.0 Å². The maximum absolute atomic E-state index is 12.5. The second kappa shape index (κ2) is 7.98. The fourth-order valence-electron chi connectivity index (χ4n) is 2.15. The first-order valence-corrected chi connectivity index (χ1v) is 9.75. The van der Waals surface area contributed by atoms with Gasteiger partial charge in [-0.25, -0.2) is 0 Å². The van der Waals surface area contributed by atoms with Crippen LogP contribution in [-0.4, -0.2) is 41.0 Å². The maximum atomic E-state index is 12.5. The summed E-state index contributed by atoms with van der Waals surface area (Å²) in [7, 11) is -2.43. The molecule has 8 nitrogen and oxygen atoms in total. The first kappa shape index (κ1) is 19.4. The number of carbonyl (C=O) groups excluding carboxylic acids is 1. The Kier molecular flexibility index (Phi) is 6.20. The highest BCUT2D eigenvalue weighted by molar-refractivity contribution is 9.10. The number of halogens is 1. The Bertz CT molecular complexity index is 879. The number of aromatic nitrogens is 2. The van der Waals surface area contributed by atoms with Gasteiger partial charge >= 0.3 is 0 Å². The lowest BCUT2D eigenvalue weighted by Crippen LogP contribution is -2.18. The molecule has 2 aromatic rings.